The lowest BCUT2D eigenvalue weighted by atomic mass is 9.64. The SMILES string of the molecule is COC1CC(NC(C)=O)C1(C)C. The summed E-state index contributed by atoms with van der Waals surface area (Å²) in [5, 5.41) is 2.91. The van der Waals surface area contributed by atoms with E-state index in [4.69, 9.17) is 4.74 Å². The summed E-state index contributed by atoms with van der Waals surface area (Å²) >= 11 is 0. The molecule has 0 radical (unpaired) electrons. The molecule has 1 rings (SSSR count). The van der Waals surface area contributed by atoms with Crippen molar-refractivity contribution in [1.82, 2.24) is 5.32 Å². The topological polar surface area (TPSA) is 38.3 Å². The molecule has 0 spiro atoms. The molecule has 2 atom stereocenters. The van der Waals surface area contributed by atoms with Crippen LogP contribution in [0.15, 0.2) is 0 Å². The fraction of sp³-hybridized carbons (Fsp3) is 0.889. The predicted octanol–water partition coefficient (Wildman–Crippen LogP) is 0.936. The maximum absolute atomic E-state index is 10.8. The average molecular weight is 171 g/mol. The van der Waals surface area contributed by atoms with Gasteiger partial charge in [-0.2, -0.15) is 0 Å². The largest absolute Gasteiger partial charge is 0.381 e. The van der Waals surface area contributed by atoms with Crippen molar-refractivity contribution in [2.45, 2.75) is 39.3 Å². The molecule has 70 valence electrons. The molecule has 0 aromatic heterocycles. The second kappa shape index (κ2) is 3.05. The summed E-state index contributed by atoms with van der Waals surface area (Å²) in [6.45, 7) is 5.78. The molecule has 0 aliphatic heterocycles. The summed E-state index contributed by atoms with van der Waals surface area (Å²) in [6.07, 6.45) is 1.22. The van der Waals surface area contributed by atoms with Gasteiger partial charge in [-0.1, -0.05) is 13.8 Å². The highest BCUT2D eigenvalue weighted by Crippen LogP contribution is 2.42. The van der Waals surface area contributed by atoms with E-state index >= 15 is 0 Å². The van der Waals surface area contributed by atoms with Crippen LogP contribution in [0.4, 0.5) is 0 Å². The van der Waals surface area contributed by atoms with Gasteiger partial charge < -0.3 is 10.1 Å². The highest BCUT2D eigenvalue weighted by molar-refractivity contribution is 5.73. The van der Waals surface area contributed by atoms with Crippen molar-refractivity contribution in [3.8, 4) is 0 Å². The molecule has 0 heterocycles. The van der Waals surface area contributed by atoms with Gasteiger partial charge >= 0.3 is 0 Å². The number of amides is 1. The Hall–Kier alpha value is -0.570. The number of rotatable bonds is 2. The molecule has 1 fully saturated rings. The van der Waals surface area contributed by atoms with E-state index in [0.717, 1.165) is 6.42 Å². The van der Waals surface area contributed by atoms with Gasteiger partial charge in [0.1, 0.15) is 0 Å². The lowest BCUT2D eigenvalue weighted by Gasteiger charge is -2.51. The van der Waals surface area contributed by atoms with Gasteiger partial charge in [0.05, 0.1) is 6.10 Å². The van der Waals surface area contributed by atoms with Gasteiger partial charge in [-0.3, -0.25) is 4.79 Å². The summed E-state index contributed by atoms with van der Waals surface area (Å²) in [4.78, 5) is 10.8. The Kier molecular flexibility index (Phi) is 2.42. The third-order valence-corrected chi connectivity index (χ3v) is 2.84. The first kappa shape index (κ1) is 9.52. The quantitative estimate of drug-likeness (QED) is 0.671. The van der Waals surface area contributed by atoms with Gasteiger partial charge in [-0.25, -0.2) is 0 Å². The summed E-state index contributed by atoms with van der Waals surface area (Å²) in [5.41, 5.74) is 0.0838. The van der Waals surface area contributed by atoms with Crippen LogP contribution in [0.1, 0.15) is 27.2 Å². The maximum atomic E-state index is 10.8. The van der Waals surface area contributed by atoms with Crippen LogP contribution in [-0.4, -0.2) is 25.2 Å². The van der Waals surface area contributed by atoms with E-state index in [0.29, 0.717) is 0 Å². The molecule has 1 N–H and O–H groups in total. The smallest absolute Gasteiger partial charge is 0.217 e. The zero-order valence-electron chi connectivity index (χ0n) is 8.18. The van der Waals surface area contributed by atoms with Gasteiger partial charge in [0.15, 0.2) is 0 Å². The molecule has 1 aliphatic rings. The van der Waals surface area contributed by atoms with Crippen LogP contribution in [0.2, 0.25) is 0 Å². The zero-order chi connectivity index (χ0) is 9.35. The summed E-state index contributed by atoms with van der Waals surface area (Å²) in [6, 6.07) is 0.278. The number of methoxy groups -OCH3 is 1. The molecule has 12 heavy (non-hydrogen) atoms. The monoisotopic (exact) mass is 171 g/mol. The van der Waals surface area contributed by atoms with E-state index in [2.05, 4.69) is 19.2 Å². The number of ether oxygens (including phenoxy) is 1. The molecule has 1 amide bonds. The van der Waals surface area contributed by atoms with Crippen molar-refractivity contribution in [2.24, 2.45) is 5.41 Å². The van der Waals surface area contributed by atoms with Crippen LogP contribution in [0.3, 0.4) is 0 Å². The molecule has 1 saturated carbocycles. The molecule has 0 aromatic rings. The van der Waals surface area contributed by atoms with Gasteiger partial charge in [0.25, 0.3) is 0 Å². The van der Waals surface area contributed by atoms with Crippen molar-refractivity contribution in [1.29, 1.82) is 0 Å². The minimum absolute atomic E-state index is 0.0441. The second-order valence-electron chi connectivity index (χ2n) is 4.03. The van der Waals surface area contributed by atoms with Crippen LogP contribution >= 0.6 is 0 Å². The van der Waals surface area contributed by atoms with Gasteiger partial charge in [0.2, 0.25) is 5.91 Å². The molecule has 0 saturated heterocycles. The van der Waals surface area contributed by atoms with Crippen molar-refractivity contribution >= 4 is 5.91 Å². The maximum Gasteiger partial charge on any atom is 0.217 e. The predicted molar refractivity (Wildman–Crippen MR) is 46.8 cm³/mol. The first-order chi connectivity index (χ1) is 5.48. The number of hydrogen-bond donors (Lipinski definition) is 1. The summed E-state index contributed by atoms with van der Waals surface area (Å²) in [5.74, 6) is 0.0441. The number of hydrogen-bond acceptors (Lipinski definition) is 2. The van der Waals surface area contributed by atoms with E-state index in [1.165, 1.54) is 0 Å². The molecular weight excluding hydrogens is 154 g/mol. The van der Waals surface area contributed by atoms with Crippen molar-refractivity contribution in [3.63, 3.8) is 0 Å². The lowest BCUT2D eigenvalue weighted by molar-refractivity contribution is -0.130. The minimum atomic E-state index is 0.0441. The van der Waals surface area contributed by atoms with Crippen LogP contribution in [0, 0.1) is 5.41 Å². The third kappa shape index (κ3) is 1.46. The van der Waals surface area contributed by atoms with Gasteiger partial charge in [0, 0.05) is 25.5 Å². The van der Waals surface area contributed by atoms with Gasteiger partial charge in [-0.15, -0.1) is 0 Å². The normalized spacial score (nSPS) is 32.3. The van der Waals surface area contributed by atoms with E-state index in [1.54, 1.807) is 14.0 Å². The number of nitrogens with one attached hydrogen (secondary N) is 1. The first-order valence-corrected chi connectivity index (χ1v) is 4.28. The van der Waals surface area contributed by atoms with E-state index in [9.17, 15) is 4.79 Å². The molecule has 2 unspecified atom stereocenters. The Morgan fingerprint density at radius 3 is 2.50 bits per heavy atom. The Bertz CT molecular complexity index is 189. The Morgan fingerprint density at radius 1 is 1.58 bits per heavy atom. The van der Waals surface area contributed by atoms with Crippen LogP contribution in [-0.2, 0) is 9.53 Å². The third-order valence-electron chi connectivity index (χ3n) is 2.84. The van der Waals surface area contributed by atoms with Gasteiger partial charge in [-0.05, 0) is 6.42 Å². The fourth-order valence-electron chi connectivity index (χ4n) is 1.78. The second-order valence-corrected chi connectivity index (χ2v) is 4.03. The Morgan fingerprint density at radius 2 is 2.17 bits per heavy atom. The lowest BCUT2D eigenvalue weighted by Crippen LogP contribution is -2.61. The van der Waals surface area contributed by atoms with Crippen molar-refractivity contribution in [2.75, 3.05) is 7.11 Å². The van der Waals surface area contributed by atoms with E-state index < -0.39 is 0 Å². The average Bonchev–Trinajstić information content (AvgIpc) is 1.96. The molecule has 1 aliphatic carbocycles. The molecule has 3 nitrogen and oxygen atoms in total. The van der Waals surface area contributed by atoms with E-state index in [-0.39, 0.29) is 23.5 Å². The number of carbonyl (C=O) groups is 1. The minimum Gasteiger partial charge on any atom is -0.381 e. The molecule has 0 aromatic carbocycles. The molecule has 3 heteroatoms. The summed E-state index contributed by atoms with van der Waals surface area (Å²) < 4.78 is 5.26. The standard InChI is InChI=1S/C9H17NO2/c1-6(11)10-7-5-8(12-4)9(7,2)3/h7-8H,5H2,1-4H3,(H,10,11). The highest BCUT2D eigenvalue weighted by Gasteiger charge is 2.48. The van der Waals surface area contributed by atoms with Crippen LogP contribution in [0.25, 0.3) is 0 Å². The van der Waals surface area contributed by atoms with Crippen LogP contribution in [0.5, 0.6) is 0 Å². The highest BCUT2D eigenvalue weighted by atomic mass is 16.5. The molecular formula is C9H17NO2. The fourth-order valence-corrected chi connectivity index (χ4v) is 1.78. The Balaban J connectivity index is 2.47. The number of carbonyl (C=O) groups excluding carboxylic acids is 1. The first-order valence-electron chi connectivity index (χ1n) is 4.28. The van der Waals surface area contributed by atoms with Crippen LogP contribution < -0.4 is 5.32 Å². The zero-order valence-corrected chi connectivity index (χ0v) is 8.18. The van der Waals surface area contributed by atoms with E-state index in [1.807, 2.05) is 0 Å². The van der Waals surface area contributed by atoms with Crippen molar-refractivity contribution < 1.29 is 9.53 Å². The molecule has 0 bridgehead atoms. The summed E-state index contributed by atoms with van der Waals surface area (Å²) in [7, 11) is 1.72. The van der Waals surface area contributed by atoms with Crippen molar-refractivity contribution in [3.05, 3.63) is 0 Å². The Labute approximate surface area is 73.5 Å².